The molecule has 0 aliphatic carbocycles. The standard InChI is InChI=1S/C29H34N4O3/c34-28-12-6-15-32(28)16-7-17-33-20-25(36-22-23-8-2-1-3-9-23)19-31(21-29(33)35)18-24-13-14-30-27-11-5-4-10-26(24)27/h1-5,8-11,13-14,25H,6-7,12,15-22H2. The fraction of sp³-hybridized carbons (Fsp3) is 0.414. The molecule has 0 spiro atoms. The quantitative estimate of drug-likeness (QED) is 0.463. The van der Waals surface area contributed by atoms with Crippen molar-refractivity contribution < 1.29 is 14.3 Å². The van der Waals surface area contributed by atoms with Gasteiger partial charge in [-0.25, -0.2) is 0 Å². The highest BCUT2D eigenvalue weighted by molar-refractivity contribution is 5.82. The first-order chi connectivity index (χ1) is 17.7. The van der Waals surface area contributed by atoms with Gasteiger partial charge in [0.15, 0.2) is 0 Å². The lowest BCUT2D eigenvalue weighted by atomic mass is 10.1. The van der Waals surface area contributed by atoms with Crippen LogP contribution in [0.25, 0.3) is 10.9 Å². The third kappa shape index (κ3) is 6.09. The van der Waals surface area contributed by atoms with Crippen LogP contribution in [0.15, 0.2) is 66.9 Å². The molecule has 2 aliphatic heterocycles. The number of carbonyl (C=O) groups excluding carboxylic acids is 2. The van der Waals surface area contributed by atoms with Crippen LogP contribution in [0.4, 0.5) is 0 Å². The van der Waals surface area contributed by atoms with Crippen LogP contribution in [0.3, 0.4) is 0 Å². The molecule has 3 aromatic rings. The molecule has 2 amide bonds. The van der Waals surface area contributed by atoms with Crippen LogP contribution in [-0.2, 0) is 27.5 Å². The molecule has 7 nitrogen and oxygen atoms in total. The topological polar surface area (TPSA) is 66.0 Å². The molecule has 1 atom stereocenters. The van der Waals surface area contributed by atoms with Crippen molar-refractivity contribution in [2.45, 2.75) is 38.5 Å². The number of aromatic nitrogens is 1. The summed E-state index contributed by atoms with van der Waals surface area (Å²) >= 11 is 0. The van der Waals surface area contributed by atoms with E-state index in [2.05, 4.69) is 28.1 Å². The maximum Gasteiger partial charge on any atom is 0.236 e. The van der Waals surface area contributed by atoms with E-state index in [0.717, 1.165) is 41.4 Å². The summed E-state index contributed by atoms with van der Waals surface area (Å²) in [7, 11) is 0. The molecular formula is C29H34N4O3. The number of hydrogen-bond donors (Lipinski definition) is 0. The number of pyridine rings is 1. The molecule has 1 unspecified atom stereocenters. The van der Waals surface area contributed by atoms with Gasteiger partial charge in [-0.3, -0.25) is 19.5 Å². The summed E-state index contributed by atoms with van der Waals surface area (Å²) in [5.41, 5.74) is 3.25. The van der Waals surface area contributed by atoms with Gasteiger partial charge in [0, 0.05) is 57.3 Å². The fourth-order valence-electron chi connectivity index (χ4n) is 5.21. The number of carbonyl (C=O) groups is 2. The van der Waals surface area contributed by atoms with Crippen molar-refractivity contribution in [3.05, 3.63) is 78.0 Å². The van der Waals surface area contributed by atoms with Gasteiger partial charge in [0.25, 0.3) is 0 Å². The van der Waals surface area contributed by atoms with Crippen LogP contribution in [0, 0.1) is 0 Å². The van der Waals surface area contributed by atoms with E-state index in [1.807, 2.05) is 58.5 Å². The SMILES string of the molecule is O=C1CCCN1CCCN1CC(OCc2ccccc2)CN(Cc2ccnc3ccccc23)CC1=O. The Labute approximate surface area is 212 Å². The van der Waals surface area contributed by atoms with E-state index >= 15 is 0 Å². The van der Waals surface area contributed by atoms with Crippen LogP contribution >= 0.6 is 0 Å². The largest absolute Gasteiger partial charge is 0.370 e. The zero-order valence-corrected chi connectivity index (χ0v) is 20.7. The fourth-order valence-corrected chi connectivity index (χ4v) is 5.21. The van der Waals surface area contributed by atoms with Gasteiger partial charge >= 0.3 is 0 Å². The van der Waals surface area contributed by atoms with E-state index in [1.165, 1.54) is 0 Å². The third-order valence-electron chi connectivity index (χ3n) is 7.09. The molecule has 3 heterocycles. The predicted molar refractivity (Wildman–Crippen MR) is 139 cm³/mol. The highest BCUT2D eigenvalue weighted by Gasteiger charge is 2.29. The van der Waals surface area contributed by atoms with Crippen LogP contribution < -0.4 is 0 Å². The van der Waals surface area contributed by atoms with Crippen LogP contribution in [0.5, 0.6) is 0 Å². The summed E-state index contributed by atoms with van der Waals surface area (Å²) in [5.74, 6) is 0.351. The average Bonchev–Trinajstić information content (AvgIpc) is 3.24. The molecule has 2 fully saturated rings. The van der Waals surface area contributed by atoms with Crippen LogP contribution in [0.1, 0.15) is 30.4 Å². The second-order valence-electron chi connectivity index (χ2n) is 9.75. The number of rotatable bonds is 9. The molecule has 0 radical (unpaired) electrons. The number of benzene rings is 2. The number of amides is 2. The molecule has 188 valence electrons. The van der Waals surface area contributed by atoms with Crippen LogP contribution in [0.2, 0.25) is 0 Å². The molecule has 0 saturated carbocycles. The Morgan fingerprint density at radius 1 is 0.889 bits per heavy atom. The van der Waals surface area contributed by atoms with Gasteiger partial charge in [-0.15, -0.1) is 0 Å². The molecule has 5 rings (SSSR count). The highest BCUT2D eigenvalue weighted by atomic mass is 16.5. The average molecular weight is 487 g/mol. The van der Waals surface area contributed by atoms with Crippen molar-refractivity contribution in [1.29, 1.82) is 0 Å². The number of nitrogens with zero attached hydrogens (tertiary/aromatic N) is 4. The zero-order chi connectivity index (χ0) is 24.7. The minimum Gasteiger partial charge on any atom is -0.370 e. The highest BCUT2D eigenvalue weighted by Crippen LogP contribution is 2.20. The van der Waals surface area contributed by atoms with Gasteiger partial charge in [-0.05, 0) is 36.1 Å². The molecule has 7 heteroatoms. The smallest absolute Gasteiger partial charge is 0.236 e. The number of likely N-dealkylation sites (tertiary alicyclic amines) is 1. The summed E-state index contributed by atoms with van der Waals surface area (Å²) in [4.78, 5) is 35.8. The first-order valence-electron chi connectivity index (χ1n) is 12.9. The van der Waals surface area contributed by atoms with E-state index in [1.54, 1.807) is 0 Å². The Kier molecular flexibility index (Phi) is 7.88. The summed E-state index contributed by atoms with van der Waals surface area (Å²) < 4.78 is 6.37. The van der Waals surface area contributed by atoms with Gasteiger partial charge in [0.1, 0.15) is 0 Å². The molecule has 0 bridgehead atoms. The first-order valence-corrected chi connectivity index (χ1v) is 12.9. The predicted octanol–water partition coefficient (Wildman–Crippen LogP) is 3.48. The van der Waals surface area contributed by atoms with Gasteiger partial charge in [0.2, 0.25) is 11.8 Å². The van der Waals surface area contributed by atoms with E-state index in [0.29, 0.717) is 52.3 Å². The maximum absolute atomic E-state index is 13.3. The van der Waals surface area contributed by atoms with E-state index in [4.69, 9.17) is 4.74 Å². The molecular weight excluding hydrogens is 452 g/mol. The minimum atomic E-state index is -0.0989. The second-order valence-corrected chi connectivity index (χ2v) is 9.75. The molecule has 1 aromatic heterocycles. The third-order valence-corrected chi connectivity index (χ3v) is 7.09. The molecule has 0 N–H and O–H groups in total. The van der Waals surface area contributed by atoms with Crippen molar-refractivity contribution >= 4 is 22.7 Å². The summed E-state index contributed by atoms with van der Waals surface area (Å²) in [5, 5.41) is 1.12. The Balaban J connectivity index is 1.28. The number of fused-ring (bicyclic) bond motifs is 1. The van der Waals surface area contributed by atoms with Gasteiger partial charge in [-0.1, -0.05) is 48.5 Å². The summed E-state index contributed by atoms with van der Waals surface area (Å²) in [6.45, 7) is 4.96. The van der Waals surface area contributed by atoms with E-state index in [-0.39, 0.29) is 17.9 Å². The lowest BCUT2D eigenvalue weighted by Crippen LogP contribution is -2.39. The minimum absolute atomic E-state index is 0.0989. The Morgan fingerprint density at radius 3 is 2.53 bits per heavy atom. The van der Waals surface area contributed by atoms with Gasteiger partial charge in [-0.2, -0.15) is 0 Å². The number of hydrogen-bond acceptors (Lipinski definition) is 5. The van der Waals surface area contributed by atoms with Crippen molar-refractivity contribution in [3.63, 3.8) is 0 Å². The van der Waals surface area contributed by atoms with Gasteiger partial charge < -0.3 is 14.5 Å². The van der Waals surface area contributed by atoms with Crippen molar-refractivity contribution in [2.24, 2.45) is 0 Å². The first kappa shape index (κ1) is 24.4. The monoisotopic (exact) mass is 486 g/mol. The molecule has 2 saturated heterocycles. The van der Waals surface area contributed by atoms with Gasteiger partial charge in [0.05, 0.1) is 24.8 Å². The van der Waals surface area contributed by atoms with E-state index in [9.17, 15) is 9.59 Å². The second kappa shape index (κ2) is 11.6. The summed E-state index contributed by atoms with van der Waals surface area (Å²) in [6, 6.07) is 20.3. The molecule has 2 aliphatic rings. The Morgan fingerprint density at radius 2 is 1.69 bits per heavy atom. The normalized spacial score (nSPS) is 19.3. The van der Waals surface area contributed by atoms with Crippen molar-refractivity contribution in [1.82, 2.24) is 19.7 Å². The lowest BCUT2D eigenvalue weighted by Gasteiger charge is -2.26. The number of para-hydroxylation sites is 1. The zero-order valence-electron chi connectivity index (χ0n) is 20.7. The van der Waals surface area contributed by atoms with Crippen LogP contribution in [-0.4, -0.2) is 76.9 Å². The lowest BCUT2D eigenvalue weighted by molar-refractivity contribution is -0.132. The number of ether oxygens (including phenoxy) is 1. The Bertz CT molecular complexity index is 1180. The molecule has 2 aromatic carbocycles. The Hall–Kier alpha value is -3.29. The van der Waals surface area contributed by atoms with Crippen molar-refractivity contribution in [3.8, 4) is 0 Å². The van der Waals surface area contributed by atoms with E-state index < -0.39 is 0 Å². The van der Waals surface area contributed by atoms with Crippen molar-refractivity contribution in [2.75, 3.05) is 39.3 Å². The maximum atomic E-state index is 13.3. The molecule has 36 heavy (non-hydrogen) atoms. The summed E-state index contributed by atoms with van der Waals surface area (Å²) in [6.07, 6.45) is 4.12.